The van der Waals surface area contributed by atoms with Crippen LogP contribution in [0.15, 0.2) is 0 Å². The van der Waals surface area contributed by atoms with Crippen LogP contribution in [0.2, 0.25) is 0 Å². The molecule has 15 heavy (non-hydrogen) atoms. The van der Waals surface area contributed by atoms with Crippen molar-refractivity contribution in [3.8, 4) is 0 Å². The molecular formula is C10H22N2O3. The molecule has 0 aromatic heterocycles. The number of aliphatic carboxylic acids is 1. The highest BCUT2D eigenvalue weighted by Crippen LogP contribution is 1.81. The van der Waals surface area contributed by atoms with Gasteiger partial charge in [0, 0.05) is 25.7 Å². The summed E-state index contributed by atoms with van der Waals surface area (Å²) in [4.78, 5) is 10.1. The maximum Gasteiger partial charge on any atom is 0.305 e. The SMILES string of the molecule is CC(C)NCCNCCOCCC(=O)O. The van der Waals surface area contributed by atoms with E-state index in [-0.39, 0.29) is 6.42 Å². The van der Waals surface area contributed by atoms with Gasteiger partial charge in [0.2, 0.25) is 0 Å². The average molecular weight is 218 g/mol. The first-order chi connectivity index (χ1) is 7.13. The van der Waals surface area contributed by atoms with Crippen molar-refractivity contribution >= 4 is 5.97 Å². The van der Waals surface area contributed by atoms with Gasteiger partial charge < -0.3 is 20.5 Å². The lowest BCUT2D eigenvalue weighted by molar-refractivity contribution is -0.138. The highest BCUT2D eigenvalue weighted by molar-refractivity contribution is 5.66. The van der Waals surface area contributed by atoms with Crippen LogP contribution in [-0.4, -0.2) is 50.0 Å². The van der Waals surface area contributed by atoms with E-state index in [4.69, 9.17) is 9.84 Å². The quantitative estimate of drug-likeness (QED) is 0.452. The molecule has 0 atom stereocenters. The molecule has 5 nitrogen and oxygen atoms in total. The molecule has 0 saturated carbocycles. The first-order valence-electron chi connectivity index (χ1n) is 5.36. The molecule has 0 radical (unpaired) electrons. The van der Waals surface area contributed by atoms with E-state index in [9.17, 15) is 4.79 Å². The third-order valence-corrected chi connectivity index (χ3v) is 1.74. The molecule has 0 spiro atoms. The molecule has 5 heteroatoms. The van der Waals surface area contributed by atoms with Crippen LogP contribution in [0.5, 0.6) is 0 Å². The summed E-state index contributed by atoms with van der Waals surface area (Å²) < 4.78 is 5.11. The summed E-state index contributed by atoms with van der Waals surface area (Å²) in [5, 5.41) is 14.8. The van der Waals surface area contributed by atoms with Crippen LogP contribution in [0.25, 0.3) is 0 Å². The molecule has 0 amide bonds. The van der Waals surface area contributed by atoms with Crippen molar-refractivity contribution in [2.75, 3.05) is 32.8 Å². The Kier molecular flexibility index (Phi) is 9.46. The average Bonchev–Trinajstić information content (AvgIpc) is 2.14. The van der Waals surface area contributed by atoms with Gasteiger partial charge in [-0.25, -0.2) is 0 Å². The molecule has 3 N–H and O–H groups in total. The van der Waals surface area contributed by atoms with Gasteiger partial charge in [-0.15, -0.1) is 0 Å². The van der Waals surface area contributed by atoms with E-state index in [1.54, 1.807) is 0 Å². The lowest BCUT2D eigenvalue weighted by atomic mass is 10.4. The van der Waals surface area contributed by atoms with E-state index < -0.39 is 5.97 Å². The fraction of sp³-hybridized carbons (Fsp3) is 0.900. The van der Waals surface area contributed by atoms with Gasteiger partial charge in [-0.1, -0.05) is 13.8 Å². The molecule has 0 heterocycles. The minimum absolute atomic E-state index is 0.0783. The Balaban J connectivity index is 2.96. The zero-order valence-electron chi connectivity index (χ0n) is 9.58. The Labute approximate surface area is 91.2 Å². The Morgan fingerprint density at radius 1 is 1.27 bits per heavy atom. The number of hydrogen-bond acceptors (Lipinski definition) is 4. The maximum atomic E-state index is 10.1. The van der Waals surface area contributed by atoms with Gasteiger partial charge in [0.1, 0.15) is 0 Å². The Morgan fingerprint density at radius 3 is 2.60 bits per heavy atom. The summed E-state index contributed by atoms with van der Waals surface area (Å²) in [6, 6.07) is 0.513. The highest BCUT2D eigenvalue weighted by Gasteiger charge is 1.95. The van der Waals surface area contributed by atoms with Gasteiger partial charge in [-0.2, -0.15) is 0 Å². The first-order valence-corrected chi connectivity index (χ1v) is 5.36. The zero-order valence-corrected chi connectivity index (χ0v) is 9.58. The predicted molar refractivity (Wildman–Crippen MR) is 59.1 cm³/mol. The van der Waals surface area contributed by atoms with E-state index in [0.29, 0.717) is 19.3 Å². The molecule has 0 bridgehead atoms. The largest absolute Gasteiger partial charge is 0.481 e. The van der Waals surface area contributed by atoms with Gasteiger partial charge in [0.25, 0.3) is 0 Å². The van der Waals surface area contributed by atoms with E-state index in [2.05, 4.69) is 24.5 Å². The monoisotopic (exact) mass is 218 g/mol. The van der Waals surface area contributed by atoms with Crippen LogP contribution in [-0.2, 0) is 9.53 Å². The van der Waals surface area contributed by atoms with E-state index in [0.717, 1.165) is 19.6 Å². The summed E-state index contributed by atoms with van der Waals surface area (Å²) in [5.41, 5.74) is 0. The minimum atomic E-state index is -0.816. The van der Waals surface area contributed by atoms with E-state index in [1.807, 2.05) is 0 Å². The van der Waals surface area contributed by atoms with Crippen LogP contribution in [0.4, 0.5) is 0 Å². The zero-order chi connectivity index (χ0) is 11.5. The van der Waals surface area contributed by atoms with Crippen LogP contribution >= 0.6 is 0 Å². The second-order valence-corrected chi connectivity index (χ2v) is 3.61. The van der Waals surface area contributed by atoms with Gasteiger partial charge in [-0.05, 0) is 0 Å². The number of carbonyl (C=O) groups is 1. The third-order valence-electron chi connectivity index (χ3n) is 1.74. The molecule has 0 aliphatic rings. The van der Waals surface area contributed by atoms with E-state index in [1.165, 1.54) is 0 Å². The molecule has 0 saturated heterocycles. The van der Waals surface area contributed by atoms with Crippen molar-refractivity contribution in [3.63, 3.8) is 0 Å². The summed E-state index contributed by atoms with van der Waals surface area (Å²) in [6.45, 7) is 7.67. The molecule has 0 aliphatic carbocycles. The summed E-state index contributed by atoms with van der Waals surface area (Å²) in [6.07, 6.45) is 0.0783. The normalized spacial score (nSPS) is 10.9. The second kappa shape index (κ2) is 9.89. The van der Waals surface area contributed by atoms with Crippen molar-refractivity contribution < 1.29 is 14.6 Å². The first kappa shape index (κ1) is 14.3. The van der Waals surface area contributed by atoms with Crippen LogP contribution < -0.4 is 10.6 Å². The molecule has 0 rings (SSSR count). The Morgan fingerprint density at radius 2 is 2.00 bits per heavy atom. The second-order valence-electron chi connectivity index (χ2n) is 3.61. The lowest BCUT2D eigenvalue weighted by Gasteiger charge is -2.08. The number of carboxylic acids is 1. The lowest BCUT2D eigenvalue weighted by Crippen LogP contribution is -2.33. The minimum Gasteiger partial charge on any atom is -0.481 e. The van der Waals surface area contributed by atoms with Crippen molar-refractivity contribution in [1.29, 1.82) is 0 Å². The van der Waals surface area contributed by atoms with Crippen LogP contribution in [0.3, 0.4) is 0 Å². The standard InChI is InChI=1S/C10H22N2O3/c1-9(2)12-5-4-11-6-8-15-7-3-10(13)14/h9,11-12H,3-8H2,1-2H3,(H,13,14). The molecule has 0 aromatic carbocycles. The van der Waals surface area contributed by atoms with Crippen molar-refractivity contribution in [3.05, 3.63) is 0 Å². The van der Waals surface area contributed by atoms with Crippen molar-refractivity contribution in [2.24, 2.45) is 0 Å². The van der Waals surface area contributed by atoms with Gasteiger partial charge in [-0.3, -0.25) is 4.79 Å². The number of ether oxygens (including phenoxy) is 1. The smallest absolute Gasteiger partial charge is 0.305 e. The Bertz CT molecular complexity index is 163. The topological polar surface area (TPSA) is 70.6 Å². The molecule has 0 aromatic rings. The summed E-state index contributed by atoms with van der Waals surface area (Å²) in [5.74, 6) is -0.816. The van der Waals surface area contributed by atoms with Gasteiger partial charge >= 0.3 is 5.97 Å². The third kappa shape index (κ3) is 13.3. The fourth-order valence-electron chi connectivity index (χ4n) is 0.980. The summed E-state index contributed by atoms with van der Waals surface area (Å²) in [7, 11) is 0. The van der Waals surface area contributed by atoms with Gasteiger partial charge in [0.05, 0.1) is 19.6 Å². The predicted octanol–water partition coefficient (Wildman–Crippen LogP) is 0.0653. The highest BCUT2D eigenvalue weighted by atomic mass is 16.5. The number of carboxylic acid groups (broad SMARTS) is 1. The molecule has 90 valence electrons. The molecular weight excluding hydrogens is 196 g/mol. The van der Waals surface area contributed by atoms with E-state index >= 15 is 0 Å². The fourth-order valence-corrected chi connectivity index (χ4v) is 0.980. The van der Waals surface area contributed by atoms with Crippen molar-refractivity contribution in [2.45, 2.75) is 26.3 Å². The van der Waals surface area contributed by atoms with Crippen molar-refractivity contribution in [1.82, 2.24) is 10.6 Å². The molecule has 0 unspecified atom stereocenters. The molecule has 0 fully saturated rings. The number of hydrogen-bond donors (Lipinski definition) is 3. The van der Waals surface area contributed by atoms with Crippen LogP contribution in [0.1, 0.15) is 20.3 Å². The van der Waals surface area contributed by atoms with Crippen LogP contribution in [0, 0.1) is 0 Å². The number of nitrogens with one attached hydrogen (secondary N) is 2. The number of rotatable bonds is 10. The molecule has 0 aliphatic heterocycles. The van der Waals surface area contributed by atoms with Gasteiger partial charge in [0.15, 0.2) is 0 Å². The summed E-state index contributed by atoms with van der Waals surface area (Å²) >= 11 is 0. The maximum absolute atomic E-state index is 10.1. The Hall–Kier alpha value is -0.650.